The third-order valence-electron chi connectivity index (χ3n) is 4.83. The second-order valence-electron chi connectivity index (χ2n) is 7.03. The van der Waals surface area contributed by atoms with Crippen molar-refractivity contribution in [3.05, 3.63) is 34.8 Å². The third-order valence-corrected chi connectivity index (χ3v) is 7.65. The number of nitrogens with one attached hydrogen (secondary N) is 1. The van der Waals surface area contributed by atoms with E-state index in [0.717, 1.165) is 36.3 Å². The van der Waals surface area contributed by atoms with E-state index >= 15 is 0 Å². The van der Waals surface area contributed by atoms with E-state index in [9.17, 15) is 13.2 Å². The number of sulfonamides is 1. The molecule has 152 valence electrons. The number of amides is 1. The number of hydrogen-bond acceptors (Lipinski definition) is 6. The topological polar surface area (TPSA) is 92.3 Å². The van der Waals surface area contributed by atoms with Crippen LogP contribution < -0.4 is 5.32 Å². The van der Waals surface area contributed by atoms with Gasteiger partial charge in [-0.1, -0.05) is 48.8 Å². The van der Waals surface area contributed by atoms with Gasteiger partial charge in [-0.2, -0.15) is 4.31 Å². The minimum Gasteiger partial charge on any atom is -0.299 e. The molecule has 1 aromatic heterocycles. The van der Waals surface area contributed by atoms with E-state index in [4.69, 9.17) is 0 Å². The lowest BCUT2D eigenvalue weighted by Gasteiger charge is -2.23. The Morgan fingerprint density at radius 2 is 2.00 bits per heavy atom. The van der Waals surface area contributed by atoms with Crippen molar-refractivity contribution in [2.24, 2.45) is 0 Å². The zero-order chi connectivity index (χ0) is 20.1. The number of anilines is 1. The fraction of sp³-hybridized carbons (Fsp3) is 0.526. The van der Waals surface area contributed by atoms with E-state index in [1.54, 1.807) is 24.3 Å². The second-order valence-corrected chi connectivity index (χ2v) is 9.99. The zero-order valence-electron chi connectivity index (χ0n) is 16.2. The summed E-state index contributed by atoms with van der Waals surface area (Å²) in [5, 5.41) is 12.2. The van der Waals surface area contributed by atoms with E-state index < -0.39 is 16.1 Å². The maximum absolute atomic E-state index is 13.0. The lowest BCUT2D eigenvalue weighted by atomic mass is 10.2. The Balaban J connectivity index is 1.68. The minimum absolute atomic E-state index is 0.215. The molecule has 0 radical (unpaired) electrons. The molecular weight excluding hydrogens is 396 g/mol. The third kappa shape index (κ3) is 4.76. The van der Waals surface area contributed by atoms with Crippen molar-refractivity contribution in [3.63, 3.8) is 0 Å². The molecule has 28 heavy (non-hydrogen) atoms. The summed E-state index contributed by atoms with van der Waals surface area (Å²) in [7, 11) is -3.71. The first kappa shape index (κ1) is 20.9. The summed E-state index contributed by atoms with van der Waals surface area (Å²) in [6.45, 7) is 4.39. The van der Waals surface area contributed by atoms with Crippen LogP contribution in [0.2, 0.25) is 0 Å². The monoisotopic (exact) mass is 422 g/mol. The highest BCUT2D eigenvalue weighted by Crippen LogP contribution is 2.27. The van der Waals surface area contributed by atoms with Crippen molar-refractivity contribution in [1.82, 2.24) is 14.5 Å². The summed E-state index contributed by atoms with van der Waals surface area (Å²) in [5.41, 5.74) is 0.987. The molecule has 1 aromatic carbocycles. The molecule has 7 nitrogen and oxygen atoms in total. The van der Waals surface area contributed by atoms with Gasteiger partial charge in [0.2, 0.25) is 21.1 Å². The zero-order valence-corrected chi connectivity index (χ0v) is 17.9. The highest BCUT2D eigenvalue weighted by Gasteiger charge is 2.39. The van der Waals surface area contributed by atoms with Gasteiger partial charge in [0.15, 0.2) is 0 Å². The number of aromatic nitrogens is 2. The predicted octanol–water partition coefficient (Wildman–Crippen LogP) is 3.37. The van der Waals surface area contributed by atoms with Crippen molar-refractivity contribution in [3.8, 4) is 0 Å². The first-order valence-electron chi connectivity index (χ1n) is 9.63. The lowest BCUT2D eigenvalue weighted by Crippen LogP contribution is -2.43. The SMILES string of the molecule is CCCCCc1nnc(NC(=O)[C@H]2CCCN2S(=O)(=O)c2ccc(C)cc2)s1. The first-order chi connectivity index (χ1) is 13.4. The van der Waals surface area contributed by atoms with Crippen LogP contribution in [0.15, 0.2) is 29.2 Å². The van der Waals surface area contributed by atoms with Crippen LogP contribution in [0.3, 0.4) is 0 Å². The Hall–Kier alpha value is -1.84. The Kier molecular flexibility index (Phi) is 6.79. The van der Waals surface area contributed by atoms with Crippen LogP contribution in [-0.2, 0) is 21.2 Å². The molecule has 0 aliphatic carbocycles. The Labute approximate surface area is 170 Å². The molecule has 1 amide bonds. The molecule has 1 aliphatic heterocycles. The highest BCUT2D eigenvalue weighted by molar-refractivity contribution is 7.89. The van der Waals surface area contributed by atoms with Crippen LogP contribution >= 0.6 is 11.3 Å². The van der Waals surface area contributed by atoms with Gasteiger partial charge < -0.3 is 0 Å². The summed E-state index contributed by atoms with van der Waals surface area (Å²) in [4.78, 5) is 13.0. The smallest absolute Gasteiger partial charge is 0.244 e. The quantitative estimate of drug-likeness (QED) is 0.659. The van der Waals surface area contributed by atoms with E-state index in [1.807, 2.05) is 6.92 Å². The molecule has 2 aromatic rings. The summed E-state index contributed by atoms with van der Waals surface area (Å²) >= 11 is 1.36. The molecule has 1 aliphatic rings. The molecule has 1 atom stereocenters. The standard InChI is InChI=1S/C19H26N4O3S2/c1-3-4-5-8-17-21-22-19(27-17)20-18(24)16-7-6-13-23(16)28(25,26)15-11-9-14(2)10-12-15/h9-12,16H,3-8,13H2,1-2H3,(H,20,22,24)/t16-/m1/s1. The number of carbonyl (C=O) groups is 1. The fourth-order valence-electron chi connectivity index (χ4n) is 3.26. The second kappa shape index (κ2) is 9.11. The molecule has 1 saturated heterocycles. The van der Waals surface area contributed by atoms with Gasteiger partial charge in [-0.3, -0.25) is 10.1 Å². The van der Waals surface area contributed by atoms with Gasteiger partial charge >= 0.3 is 0 Å². The molecule has 0 unspecified atom stereocenters. The summed E-state index contributed by atoms with van der Waals surface area (Å²) in [5.74, 6) is -0.343. The molecule has 0 saturated carbocycles. The lowest BCUT2D eigenvalue weighted by molar-refractivity contribution is -0.119. The molecule has 1 N–H and O–H groups in total. The number of hydrogen-bond donors (Lipinski definition) is 1. The van der Waals surface area contributed by atoms with Gasteiger partial charge in [-0.05, 0) is 38.3 Å². The number of nitrogens with zero attached hydrogens (tertiary/aromatic N) is 3. The van der Waals surface area contributed by atoms with E-state index in [2.05, 4.69) is 22.4 Å². The van der Waals surface area contributed by atoms with Gasteiger partial charge in [0.1, 0.15) is 11.0 Å². The van der Waals surface area contributed by atoms with Gasteiger partial charge in [-0.25, -0.2) is 8.42 Å². The average Bonchev–Trinajstić information content (AvgIpc) is 3.32. The maximum atomic E-state index is 13.0. The van der Waals surface area contributed by atoms with Crippen molar-refractivity contribution in [1.29, 1.82) is 0 Å². The molecule has 2 heterocycles. The highest BCUT2D eigenvalue weighted by atomic mass is 32.2. The van der Waals surface area contributed by atoms with Gasteiger partial charge in [0, 0.05) is 13.0 Å². The Bertz CT molecular complexity index is 910. The van der Waals surface area contributed by atoms with Gasteiger partial charge in [-0.15, -0.1) is 10.2 Å². The van der Waals surface area contributed by atoms with Gasteiger partial charge in [0.25, 0.3) is 0 Å². The first-order valence-corrected chi connectivity index (χ1v) is 11.9. The van der Waals surface area contributed by atoms with E-state index in [0.29, 0.717) is 24.5 Å². The number of rotatable bonds is 8. The van der Waals surface area contributed by atoms with Crippen LogP contribution in [-0.4, -0.2) is 41.4 Å². The van der Waals surface area contributed by atoms with E-state index in [1.165, 1.54) is 15.6 Å². The molecular formula is C19H26N4O3S2. The van der Waals surface area contributed by atoms with Crippen molar-refractivity contribution < 1.29 is 13.2 Å². The fourth-order valence-corrected chi connectivity index (χ4v) is 5.70. The Morgan fingerprint density at radius 3 is 2.71 bits per heavy atom. The van der Waals surface area contributed by atoms with Crippen LogP contribution in [0.5, 0.6) is 0 Å². The normalized spacial score (nSPS) is 17.7. The average molecular weight is 423 g/mol. The maximum Gasteiger partial charge on any atom is 0.244 e. The van der Waals surface area contributed by atoms with E-state index in [-0.39, 0.29) is 10.8 Å². The van der Waals surface area contributed by atoms with Gasteiger partial charge in [0.05, 0.1) is 4.90 Å². The number of aryl methyl sites for hydroxylation is 2. The van der Waals surface area contributed by atoms with Crippen molar-refractivity contribution in [2.75, 3.05) is 11.9 Å². The number of benzene rings is 1. The molecule has 0 bridgehead atoms. The van der Waals surface area contributed by atoms with Crippen LogP contribution in [0, 0.1) is 6.92 Å². The molecule has 0 spiro atoms. The van der Waals surface area contributed by atoms with Crippen LogP contribution in [0.4, 0.5) is 5.13 Å². The number of carbonyl (C=O) groups excluding carboxylic acids is 1. The predicted molar refractivity (Wildman–Crippen MR) is 110 cm³/mol. The number of unbranched alkanes of at least 4 members (excludes halogenated alkanes) is 2. The van der Waals surface area contributed by atoms with Crippen LogP contribution in [0.1, 0.15) is 49.6 Å². The summed E-state index contributed by atoms with van der Waals surface area (Å²) in [6.07, 6.45) is 5.31. The molecule has 3 rings (SSSR count). The minimum atomic E-state index is -3.71. The van der Waals surface area contributed by atoms with Crippen molar-refractivity contribution in [2.45, 2.75) is 63.3 Å². The Morgan fingerprint density at radius 1 is 1.25 bits per heavy atom. The molecule has 1 fully saturated rings. The summed E-state index contributed by atoms with van der Waals surface area (Å²) < 4.78 is 27.3. The largest absolute Gasteiger partial charge is 0.299 e. The summed E-state index contributed by atoms with van der Waals surface area (Å²) in [6, 6.07) is 5.98. The molecule has 9 heteroatoms. The van der Waals surface area contributed by atoms with Crippen molar-refractivity contribution >= 4 is 32.4 Å². The van der Waals surface area contributed by atoms with Crippen LogP contribution in [0.25, 0.3) is 0 Å².